The molecule has 1 aromatic carbocycles. The molecule has 9 heteroatoms. The van der Waals surface area contributed by atoms with Gasteiger partial charge >= 0.3 is 12.1 Å². The average molecular weight is 353 g/mol. The maximum atomic E-state index is 13.0. The molecule has 0 aliphatic heterocycles. The fourth-order valence-electron chi connectivity index (χ4n) is 1.61. The largest absolute Gasteiger partial charge is 0.478 e. The number of hydrogen-bond acceptors (Lipinski definition) is 2. The Morgan fingerprint density at radius 2 is 2.00 bits per heavy atom. The third-order valence-electron chi connectivity index (χ3n) is 2.41. The Labute approximate surface area is 117 Å². The van der Waals surface area contributed by atoms with Gasteiger partial charge in [0.05, 0.1) is 11.9 Å². The molecule has 0 atom stereocenters. The van der Waals surface area contributed by atoms with Crippen molar-refractivity contribution in [2.75, 3.05) is 0 Å². The third kappa shape index (κ3) is 2.53. The molecule has 106 valence electrons. The number of alkyl halides is 3. The normalized spacial score (nSPS) is 11.7. The molecule has 0 bridgehead atoms. The second-order valence-electron chi connectivity index (χ2n) is 3.72. The summed E-state index contributed by atoms with van der Waals surface area (Å²) in [5.41, 5.74) is -2.53. The zero-order chi connectivity index (χ0) is 15.1. The van der Waals surface area contributed by atoms with E-state index in [1.807, 2.05) is 0 Å². The highest BCUT2D eigenvalue weighted by molar-refractivity contribution is 9.10. The zero-order valence-electron chi connectivity index (χ0n) is 9.45. The first-order chi connectivity index (χ1) is 9.21. The number of carboxylic acid groups (broad SMARTS) is 1. The molecule has 2 aromatic rings. The first-order valence-electron chi connectivity index (χ1n) is 5.05. The molecule has 0 aliphatic rings. The lowest BCUT2D eigenvalue weighted by Crippen LogP contribution is -2.17. The topological polar surface area (TPSA) is 55.1 Å². The van der Waals surface area contributed by atoms with E-state index >= 15 is 0 Å². The molecule has 0 radical (unpaired) electrons. The molecule has 0 saturated carbocycles. The smallest absolute Gasteiger partial charge is 0.434 e. The van der Waals surface area contributed by atoms with E-state index in [0.29, 0.717) is 10.9 Å². The minimum absolute atomic E-state index is 0.0167. The van der Waals surface area contributed by atoms with Gasteiger partial charge in [-0.25, -0.2) is 13.9 Å². The summed E-state index contributed by atoms with van der Waals surface area (Å²) in [6.07, 6.45) is -4.32. The van der Waals surface area contributed by atoms with Gasteiger partial charge in [-0.3, -0.25) is 0 Å². The molecule has 1 heterocycles. The molecule has 1 N–H and O–H groups in total. The maximum absolute atomic E-state index is 13.0. The maximum Gasteiger partial charge on any atom is 0.434 e. The highest BCUT2D eigenvalue weighted by Gasteiger charge is 2.40. The van der Waals surface area contributed by atoms with Crippen LogP contribution in [0.3, 0.4) is 0 Å². The van der Waals surface area contributed by atoms with E-state index in [-0.39, 0.29) is 10.2 Å². The summed E-state index contributed by atoms with van der Waals surface area (Å²) in [5, 5.41) is 12.2. The lowest BCUT2D eigenvalue weighted by molar-refractivity contribution is -0.143. The summed E-state index contributed by atoms with van der Waals surface area (Å²) < 4.78 is 52.3. The molecule has 0 fully saturated rings. The molecule has 0 saturated heterocycles. The quantitative estimate of drug-likeness (QED) is 0.841. The van der Waals surface area contributed by atoms with Crippen LogP contribution in [0.25, 0.3) is 5.69 Å². The predicted octanol–water partition coefficient (Wildman–Crippen LogP) is 3.49. The van der Waals surface area contributed by atoms with Gasteiger partial charge in [0.1, 0.15) is 11.4 Å². The zero-order valence-corrected chi connectivity index (χ0v) is 11.0. The molecule has 1 aromatic heterocycles. The Balaban J connectivity index is 2.72. The summed E-state index contributed by atoms with van der Waals surface area (Å²) >= 11 is 2.92. The van der Waals surface area contributed by atoms with Gasteiger partial charge in [-0.2, -0.15) is 18.3 Å². The average Bonchev–Trinajstić information content (AvgIpc) is 2.73. The summed E-state index contributed by atoms with van der Waals surface area (Å²) in [6.45, 7) is 0. The summed E-state index contributed by atoms with van der Waals surface area (Å²) in [5.74, 6) is -2.40. The fraction of sp³-hybridized carbons (Fsp3) is 0.0909. The monoisotopic (exact) mass is 352 g/mol. The molecule has 20 heavy (non-hydrogen) atoms. The van der Waals surface area contributed by atoms with Crippen molar-refractivity contribution in [2.24, 2.45) is 0 Å². The molecular weight excluding hydrogens is 348 g/mol. The van der Waals surface area contributed by atoms with Crippen molar-refractivity contribution in [2.45, 2.75) is 6.18 Å². The highest BCUT2D eigenvalue weighted by Crippen LogP contribution is 2.35. The SMILES string of the molecule is O=C(O)c1cnn(-c2ccc(F)cc2Br)c1C(F)(F)F. The second-order valence-corrected chi connectivity index (χ2v) is 4.57. The van der Waals surface area contributed by atoms with Crippen LogP contribution in [0.1, 0.15) is 16.1 Å². The van der Waals surface area contributed by atoms with Crippen molar-refractivity contribution >= 4 is 21.9 Å². The lowest BCUT2D eigenvalue weighted by Gasteiger charge is -2.12. The minimum Gasteiger partial charge on any atom is -0.478 e. The van der Waals surface area contributed by atoms with E-state index in [0.717, 1.165) is 18.2 Å². The van der Waals surface area contributed by atoms with Crippen molar-refractivity contribution in [3.05, 3.63) is 45.9 Å². The molecule has 0 spiro atoms. The number of carbonyl (C=O) groups is 1. The van der Waals surface area contributed by atoms with Gasteiger partial charge in [-0.1, -0.05) is 0 Å². The van der Waals surface area contributed by atoms with Crippen molar-refractivity contribution in [1.29, 1.82) is 0 Å². The number of nitrogens with zero attached hydrogens (tertiary/aromatic N) is 2. The van der Waals surface area contributed by atoms with Crippen molar-refractivity contribution in [3.8, 4) is 5.69 Å². The van der Waals surface area contributed by atoms with Crippen LogP contribution in [0.5, 0.6) is 0 Å². The van der Waals surface area contributed by atoms with Crippen LogP contribution in [0, 0.1) is 5.82 Å². The van der Waals surface area contributed by atoms with E-state index in [1.54, 1.807) is 0 Å². The van der Waals surface area contributed by atoms with E-state index in [4.69, 9.17) is 5.11 Å². The fourth-order valence-corrected chi connectivity index (χ4v) is 2.13. The number of hydrogen-bond donors (Lipinski definition) is 1. The Morgan fingerprint density at radius 3 is 2.50 bits per heavy atom. The van der Waals surface area contributed by atoms with Gasteiger partial charge in [0, 0.05) is 4.47 Å². The molecule has 2 rings (SSSR count). The summed E-state index contributed by atoms with van der Waals surface area (Å²) in [4.78, 5) is 10.8. The van der Waals surface area contributed by atoms with Gasteiger partial charge < -0.3 is 5.11 Å². The standard InChI is InChI=1S/C11H5BrF4N2O2/c12-7-3-5(13)1-2-8(7)18-9(11(14,15)16)6(4-17-18)10(19)20/h1-4H,(H,19,20). The number of carboxylic acids is 1. The molecule has 4 nitrogen and oxygen atoms in total. The van der Waals surface area contributed by atoms with Crippen molar-refractivity contribution in [1.82, 2.24) is 9.78 Å². The van der Waals surface area contributed by atoms with Crippen molar-refractivity contribution in [3.63, 3.8) is 0 Å². The first-order valence-corrected chi connectivity index (χ1v) is 5.85. The Morgan fingerprint density at radius 1 is 1.35 bits per heavy atom. The van der Waals surface area contributed by atoms with Gasteiger partial charge in [-0.05, 0) is 34.1 Å². The van der Waals surface area contributed by atoms with Gasteiger partial charge in [-0.15, -0.1) is 0 Å². The van der Waals surface area contributed by atoms with E-state index in [2.05, 4.69) is 21.0 Å². The highest BCUT2D eigenvalue weighted by atomic mass is 79.9. The third-order valence-corrected chi connectivity index (χ3v) is 3.04. The van der Waals surface area contributed by atoms with Crippen LogP contribution in [0.4, 0.5) is 17.6 Å². The van der Waals surface area contributed by atoms with Gasteiger partial charge in [0.2, 0.25) is 0 Å². The van der Waals surface area contributed by atoms with Crippen LogP contribution in [0.2, 0.25) is 0 Å². The van der Waals surface area contributed by atoms with Crippen LogP contribution in [0.15, 0.2) is 28.9 Å². The second kappa shape index (κ2) is 4.89. The number of halogens is 5. The van der Waals surface area contributed by atoms with E-state index in [1.165, 1.54) is 0 Å². The molecule has 0 aliphatic carbocycles. The van der Waals surface area contributed by atoms with E-state index in [9.17, 15) is 22.4 Å². The van der Waals surface area contributed by atoms with Crippen LogP contribution in [-0.2, 0) is 6.18 Å². The molecule has 0 unspecified atom stereocenters. The van der Waals surface area contributed by atoms with E-state index < -0.39 is 29.2 Å². The lowest BCUT2D eigenvalue weighted by atomic mass is 10.2. The number of aromatic nitrogens is 2. The van der Waals surface area contributed by atoms with Crippen LogP contribution >= 0.6 is 15.9 Å². The van der Waals surface area contributed by atoms with Gasteiger partial charge in [0.15, 0.2) is 5.69 Å². The van der Waals surface area contributed by atoms with Crippen LogP contribution in [-0.4, -0.2) is 20.9 Å². The number of aromatic carboxylic acids is 1. The first kappa shape index (κ1) is 14.5. The molecule has 0 amide bonds. The predicted molar refractivity (Wildman–Crippen MR) is 63.2 cm³/mol. The summed E-state index contributed by atoms with van der Waals surface area (Å²) in [7, 11) is 0. The Hall–Kier alpha value is -1.90. The number of rotatable bonds is 2. The molecular formula is C11H5BrF4N2O2. The Bertz CT molecular complexity index is 682. The minimum atomic E-state index is -4.92. The van der Waals surface area contributed by atoms with Gasteiger partial charge in [0.25, 0.3) is 0 Å². The Kier molecular flexibility index (Phi) is 3.55. The van der Waals surface area contributed by atoms with Crippen LogP contribution < -0.4 is 0 Å². The summed E-state index contributed by atoms with van der Waals surface area (Å²) in [6, 6.07) is 2.97. The van der Waals surface area contributed by atoms with Crippen molar-refractivity contribution < 1.29 is 27.5 Å². The number of benzene rings is 1.